The molecule has 1 heteroatoms. The van der Waals surface area contributed by atoms with Gasteiger partial charge >= 0.3 is 0 Å². The molecular formula is C13H22O. The van der Waals surface area contributed by atoms with E-state index in [1.165, 1.54) is 5.56 Å². The smallest absolute Gasteiger partial charge is 0.119 e. The Morgan fingerprint density at radius 2 is 1.57 bits per heavy atom. The summed E-state index contributed by atoms with van der Waals surface area (Å²) in [6.07, 6.45) is 1.35. The predicted octanol–water partition coefficient (Wildman–Crippen LogP) is 4.06. The number of benzene rings is 1. The topological polar surface area (TPSA) is 9.23 Å². The first-order valence-corrected chi connectivity index (χ1v) is 5.48. The van der Waals surface area contributed by atoms with Crippen LogP contribution in [-0.2, 0) is 6.42 Å². The number of rotatable bonds is 3. The Bertz CT molecular complexity index is 223. The molecule has 0 aliphatic rings. The first-order chi connectivity index (χ1) is 6.72. The fourth-order valence-electron chi connectivity index (χ4n) is 1.08. The summed E-state index contributed by atoms with van der Waals surface area (Å²) in [7, 11) is 0. The lowest BCUT2D eigenvalue weighted by molar-refractivity contribution is 0.242. The van der Waals surface area contributed by atoms with Gasteiger partial charge in [-0.05, 0) is 38.0 Å². The summed E-state index contributed by atoms with van der Waals surface area (Å²) in [5.41, 5.74) is 1.35. The first kappa shape index (κ1) is 13.0. The van der Waals surface area contributed by atoms with Gasteiger partial charge in [0.05, 0.1) is 6.10 Å². The lowest BCUT2D eigenvalue weighted by Gasteiger charge is -2.09. The number of hydrogen-bond acceptors (Lipinski definition) is 1. The van der Waals surface area contributed by atoms with E-state index in [4.69, 9.17) is 4.74 Å². The van der Waals surface area contributed by atoms with Crippen molar-refractivity contribution in [3.05, 3.63) is 29.8 Å². The summed E-state index contributed by atoms with van der Waals surface area (Å²) < 4.78 is 5.51. The second-order valence-corrected chi connectivity index (χ2v) is 3.16. The van der Waals surface area contributed by atoms with E-state index < -0.39 is 0 Å². The van der Waals surface area contributed by atoms with Crippen molar-refractivity contribution in [1.82, 2.24) is 0 Å². The average molecular weight is 194 g/mol. The van der Waals surface area contributed by atoms with Crippen molar-refractivity contribution in [2.24, 2.45) is 0 Å². The van der Waals surface area contributed by atoms with Crippen LogP contribution >= 0.6 is 0 Å². The van der Waals surface area contributed by atoms with Gasteiger partial charge < -0.3 is 4.74 Å². The Hall–Kier alpha value is -0.980. The molecule has 0 saturated carbocycles. The Kier molecular flexibility index (Phi) is 6.91. The summed E-state index contributed by atoms with van der Waals surface area (Å²) in [4.78, 5) is 0. The Morgan fingerprint density at radius 1 is 1.07 bits per heavy atom. The Morgan fingerprint density at radius 3 is 1.93 bits per heavy atom. The Labute approximate surface area is 88.1 Å². The highest BCUT2D eigenvalue weighted by atomic mass is 16.5. The van der Waals surface area contributed by atoms with Gasteiger partial charge in [-0.2, -0.15) is 0 Å². The minimum Gasteiger partial charge on any atom is -0.491 e. The molecule has 14 heavy (non-hydrogen) atoms. The van der Waals surface area contributed by atoms with E-state index in [0.29, 0.717) is 0 Å². The SMILES string of the molecule is CC.CCc1ccc(OC(C)C)cc1. The highest BCUT2D eigenvalue weighted by Crippen LogP contribution is 2.13. The van der Waals surface area contributed by atoms with Crippen LogP contribution in [0.1, 0.15) is 40.2 Å². The minimum absolute atomic E-state index is 0.262. The van der Waals surface area contributed by atoms with Crippen molar-refractivity contribution >= 4 is 0 Å². The zero-order chi connectivity index (χ0) is 11.0. The third-order valence-corrected chi connectivity index (χ3v) is 1.70. The Balaban J connectivity index is 0.000000791. The van der Waals surface area contributed by atoms with Gasteiger partial charge in [0.15, 0.2) is 0 Å². The quantitative estimate of drug-likeness (QED) is 0.705. The zero-order valence-corrected chi connectivity index (χ0v) is 10.0. The van der Waals surface area contributed by atoms with E-state index in [0.717, 1.165) is 12.2 Å². The van der Waals surface area contributed by atoms with Crippen LogP contribution in [0.2, 0.25) is 0 Å². The predicted molar refractivity (Wildman–Crippen MR) is 62.9 cm³/mol. The number of ether oxygens (including phenoxy) is 1. The molecule has 1 rings (SSSR count). The van der Waals surface area contributed by atoms with Crippen LogP contribution in [0, 0.1) is 0 Å². The summed E-state index contributed by atoms with van der Waals surface area (Å²) >= 11 is 0. The fourth-order valence-corrected chi connectivity index (χ4v) is 1.08. The normalized spacial score (nSPS) is 9.29. The molecule has 0 radical (unpaired) electrons. The average Bonchev–Trinajstić information content (AvgIpc) is 2.21. The molecule has 0 aromatic heterocycles. The van der Waals surface area contributed by atoms with Gasteiger partial charge in [-0.15, -0.1) is 0 Å². The third kappa shape index (κ3) is 4.90. The largest absolute Gasteiger partial charge is 0.491 e. The van der Waals surface area contributed by atoms with Gasteiger partial charge in [0.2, 0.25) is 0 Å². The van der Waals surface area contributed by atoms with E-state index in [1.54, 1.807) is 0 Å². The number of aryl methyl sites for hydroxylation is 1. The standard InChI is InChI=1S/C11H16O.C2H6/c1-4-10-5-7-11(8-6-10)12-9(2)3;1-2/h5-9H,4H2,1-3H3;1-2H3. The molecule has 0 amide bonds. The maximum absolute atomic E-state index is 5.51. The van der Waals surface area contributed by atoms with E-state index in [2.05, 4.69) is 19.1 Å². The minimum atomic E-state index is 0.262. The first-order valence-electron chi connectivity index (χ1n) is 5.48. The molecule has 80 valence electrons. The zero-order valence-electron chi connectivity index (χ0n) is 10.0. The summed E-state index contributed by atoms with van der Waals surface area (Å²) in [5.74, 6) is 0.960. The van der Waals surface area contributed by atoms with Crippen molar-refractivity contribution in [3.63, 3.8) is 0 Å². The fraction of sp³-hybridized carbons (Fsp3) is 0.538. The molecule has 1 aromatic rings. The molecule has 0 unspecified atom stereocenters. The van der Waals surface area contributed by atoms with Gasteiger partial charge in [-0.3, -0.25) is 0 Å². The maximum Gasteiger partial charge on any atom is 0.119 e. The molecule has 0 aliphatic carbocycles. The van der Waals surface area contributed by atoms with Crippen molar-refractivity contribution < 1.29 is 4.74 Å². The third-order valence-electron chi connectivity index (χ3n) is 1.70. The molecule has 0 saturated heterocycles. The molecule has 0 spiro atoms. The maximum atomic E-state index is 5.51. The van der Waals surface area contributed by atoms with Crippen molar-refractivity contribution in [1.29, 1.82) is 0 Å². The molecule has 0 atom stereocenters. The molecule has 0 fully saturated rings. The van der Waals surface area contributed by atoms with Gasteiger partial charge in [0.25, 0.3) is 0 Å². The molecular weight excluding hydrogens is 172 g/mol. The van der Waals surface area contributed by atoms with E-state index in [1.807, 2.05) is 39.8 Å². The molecule has 0 aliphatic heterocycles. The van der Waals surface area contributed by atoms with Crippen LogP contribution in [0.3, 0.4) is 0 Å². The van der Waals surface area contributed by atoms with Gasteiger partial charge in [-0.1, -0.05) is 32.9 Å². The lowest BCUT2D eigenvalue weighted by atomic mass is 10.2. The summed E-state index contributed by atoms with van der Waals surface area (Å²) in [6, 6.07) is 8.27. The van der Waals surface area contributed by atoms with E-state index >= 15 is 0 Å². The van der Waals surface area contributed by atoms with Crippen LogP contribution in [0.4, 0.5) is 0 Å². The van der Waals surface area contributed by atoms with E-state index in [9.17, 15) is 0 Å². The van der Waals surface area contributed by atoms with Crippen LogP contribution in [0.15, 0.2) is 24.3 Å². The van der Waals surface area contributed by atoms with E-state index in [-0.39, 0.29) is 6.10 Å². The molecule has 1 aromatic carbocycles. The summed E-state index contributed by atoms with van der Waals surface area (Å²) in [5, 5.41) is 0. The monoisotopic (exact) mass is 194 g/mol. The van der Waals surface area contributed by atoms with Crippen molar-refractivity contribution in [2.75, 3.05) is 0 Å². The van der Waals surface area contributed by atoms with Gasteiger partial charge in [-0.25, -0.2) is 0 Å². The number of hydrogen-bond donors (Lipinski definition) is 0. The van der Waals surface area contributed by atoms with Crippen molar-refractivity contribution in [3.8, 4) is 5.75 Å². The van der Waals surface area contributed by atoms with Gasteiger partial charge in [0, 0.05) is 0 Å². The second kappa shape index (κ2) is 7.43. The highest BCUT2D eigenvalue weighted by Gasteiger charge is 1.96. The lowest BCUT2D eigenvalue weighted by Crippen LogP contribution is -2.05. The van der Waals surface area contributed by atoms with Crippen LogP contribution in [0.25, 0.3) is 0 Å². The van der Waals surface area contributed by atoms with Crippen LogP contribution in [-0.4, -0.2) is 6.10 Å². The molecule has 0 N–H and O–H groups in total. The molecule has 0 heterocycles. The highest BCUT2D eigenvalue weighted by molar-refractivity contribution is 5.27. The van der Waals surface area contributed by atoms with Crippen molar-refractivity contribution in [2.45, 2.75) is 47.1 Å². The van der Waals surface area contributed by atoms with Crippen LogP contribution < -0.4 is 4.74 Å². The molecule has 1 nitrogen and oxygen atoms in total. The molecule has 0 bridgehead atoms. The van der Waals surface area contributed by atoms with Gasteiger partial charge in [0.1, 0.15) is 5.75 Å². The summed E-state index contributed by atoms with van der Waals surface area (Å²) in [6.45, 7) is 10.2. The second-order valence-electron chi connectivity index (χ2n) is 3.16. The van der Waals surface area contributed by atoms with Crippen LogP contribution in [0.5, 0.6) is 5.75 Å².